The number of nitrogens with zero attached hydrogens (tertiary/aromatic N) is 1. The van der Waals surface area contributed by atoms with Crippen molar-refractivity contribution in [1.29, 1.82) is 0 Å². The fraction of sp³-hybridized carbons (Fsp3) is 0.467. The normalized spacial score (nSPS) is 20.8. The number of rotatable bonds is 3. The van der Waals surface area contributed by atoms with E-state index in [-0.39, 0.29) is 0 Å². The zero-order valence-corrected chi connectivity index (χ0v) is 11.6. The first kappa shape index (κ1) is 12.5. The average Bonchev–Trinajstić information content (AvgIpc) is 2.81. The number of piperazine rings is 1. The van der Waals surface area contributed by atoms with Gasteiger partial charge in [0.2, 0.25) is 0 Å². The van der Waals surface area contributed by atoms with Crippen LogP contribution >= 0.6 is 0 Å². The Morgan fingerprint density at radius 2 is 2.32 bits per heavy atom. The lowest BCUT2D eigenvalue weighted by Crippen LogP contribution is -2.49. The number of aromatic nitrogens is 1. The third-order valence-electron chi connectivity index (χ3n) is 3.90. The van der Waals surface area contributed by atoms with Crippen LogP contribution in [0.25, 0.3) is 10.9 Å². The Labute approximate surface area is 113 Å². The molecule has 4 nitrogen and oxygen atoms in total. The Morgan fingerprint density at radius 3 is 3.11 bits per heavy atom. The van der Waals surface area contributed by atoms with E-state index in [9.17, 15) is 0 Å². The van der Waals surface area contributed by atoms with E-state index in [0.717, 1.165) is 37.3 Å². The molecule has 1 fully saturated rings. The number of hydrogen-bond acceptors (Lipinski definition) is 3. The predicted molar refractivity (Wildman–Crippen MR) is 77.8 cm³/mol. The molecule has 1 aromatic carbocycles. The van der Waals surface area contributed by atoms with E-state index in [4.69, 9.17) is 4.74 Å². The van der Waals surface area contributed by atoms with Crippen molar-refractivity contribution in [1.82, 2.24) is 15.2 Å². The predicted octanol–water partition coefficient (Wildman–Crippen LogP) is 1.62. The molecule has 0 saturated carbocycles. The van der Waals surface area contributed by atoms with E-state index in [1.54, 1.807) is 7.11 Å². The average molecular weight is 259 g/mol. The number of hydrogen-bond donors (Lipinski definition) is 2. The van der Waals surface area contributed by atoms with Crippen molar-refractivity contribution in [3.63, 3.8) is 0 Å². The van der Waals surface area contributed by atoms with Gasteiger partial charge in [-0.05, 0) is 31.2 Å². The lowest BCUT2D eigenvalue weighted by atomic mass is 10.0. The molecule has 2 heterocycles. The number of likely N-dealkylation sites (N-methyl/N-ethyl adjacent to an activating group) is 1. The van der Waals surface area contributed by atoms with Crippen molar-refractivity contribution in [2.45, 2.75) is 12.5 Å². The Kier molecular flexibility index (Phi) is 3.44. The van der Waals surface area contributed by atoms with Crippen LogP contribution in [-0.4, -0.2) is 49.7 Å². The van der Waals surface area contributed by atoms with Gasteiger partial charge < -0.3 is 19.9 Å². The second-order valence-electron chi connectivity index (χ2n) is 5.34. The number of methoxy groups -OCH3 is 1. The van der Waals surface area contributed by atoms with E-state index in [1.165, 1.54) is 10.9 Å². The molecule has 4 heteroatoms. The molecule has 0 radical (unpaired) electrons. The quantitative estimate of drug-likeness (QED) is 0.880. The molecule has 1 atom stereocenters. The summed E-state index contributed by atoms with van der Waals surface area (Å²) < 4.78 is 5.26. The number of fused-ring (bicyclic) bond motifs is 1. The Hall–Kier alpha value is -1.52. The molecule has 1 saturated heterocycles. The molecule has 1 unspecified atom stereocenters. The number of H-pyrrole nitrogens is 1. The van der Waals surface area contributed by atoms with Crippen LogP contribution < -0.4 is 10.1 Å². The Balaban J connectivity index is 1.81. The third kappa shape index (κ3) is 2.60. The van der Waals surface area contributed by atoms with E-state index in [0.29, 0.717) is 6.04 Å². The van der Waals surface area contributed by atoms with E-state index < -0.39 is 0 Å². The van der Waals surface area contributed by atoms with E-state index >= 15 is 0 Å². The van der Waals surface area contributed by atoms with Crippen LogP contribution in [0.15, 0.2) is 24.4 Å². The fourth-order valence-corrected chi connectivity index (χ4v) is 2.86. The summed E-state index contributed by atoms with van der Waals surface area (Å²) >= 11 is 0. The van der Waals surface area contributed by atoms with Crippen LogP contribution in [0.4, 0.5) is 0 Å². The minimum absolute atomic E-state index is 0.542. The lowest BCUT2D eigenvalue weighted by molar-refractivity contribution is 0.238. The highest BCUT2D eigenvalue weighted by Gasteiger charge is 2.18. The summed E-state index contributed by atoms with van der Waals surface area (Å²) in [5.74, 6) is 0.899. The highest BCUT2D eigenvalue weighted by Crippen LogP contribution is 2.24. The molecular weight excluding hydrogens is 238 g/mol. The maximum Gasteiger partial charge on any atom is 0.120 e. The molecule has 0 bridgehead atoms. The van der Waals surface area contributed by atoms with Gasteiger partial charge in [0.15, 0.2) is 0 Å². The molecule has 0 amide bonds. The van der Waals surface area contributed by atoms with Gasteiger partial charge >= 0.3 is 0 Å². The first-order valence-electron chi connectivity index (χ1n) is 6.82. The highest BCUT2D eigenvalue weighted by atomic mass is 16.5. The zero-order chi connectivity index (χ0) is 13.2. The fourth-order valence-electron chi connectivity index (χ4n) is 2.86. The minimum atomic E-state index is 0.542. The zero-order valence-electron chi connectivity index (χ0n) is 11.6. The van der Waals surface area contributed by atoms with Gasteiger partial charge in [-0.15, -0.1) is 0 Å². The molecule has 1 aliphatic rings. The first-order chi connectivity index (χ1) is 9.26. The summed E-state index contributed by atoms with van der Waals surface area (Å²) in [7, 11) is 3.89. The van der Waals surface area contributed by atoms with Gasteiger partial charge in [-0.1, -0.05) is 0 Å². The summed E-state index contributed by atoms with van der Waals surface area (Å²) in [5.41, 5.74) is 2.53. The van der Waals surface area contributed by atoms with Crippen molar-refractivity contribution in [2.75, 3.05) is 33.8 Å². The number of nitrogens with one attached hydrogen (secondary N) is 2. The molecule has 2 aromatic rings. The van der Waals surface area contributed by atoms with Crippen LogP contribution in [-0.2, 0) is 6.42 Å². The van der Waals surface area contributed by atoms with Crippen molar-refractivity contribution < 1.29 is 4.74 Å². The monoisotopic (exact) mass is 259 g/mol. The lowest BCUT2D eigenvalue weighted by Gasteiger charge is -2.30. The number of aromatic amines is 1. The molecule has 2 N–H and O–H groups in total. The van der Waals surface area contributed by atoms with Crippen LogP contribution in [0.5, 0.6) is 5.75 Å². The molecule has 0 spiro atoms. The molecule has 19 heavy (non-hydrogen) atoms. The molecule has 3 rings (SSSR count). The van der Waals surface area contributed by atoms with Gasteiger partial charge in [0, 0.05) is 48.8 Å². The van der Waals surface area contributed by atoms with E-state index in [2.05, 4.69) is 40.6 Å². The molecular formula is C15H21N3O. The summed E-state index contributed by atoms with van der Waals surface area (Å²) in [6.07, 6.45) is 3.19. The van der Waals surface area contributed by atoms with Crippen LogP contribution in [0.3, 0.4) is 0 Å². The Morgan fingerprint density at radius 1 is 1.42 bits per heavy atom. The summed E-state index contributed by atoms with van der Waals surface area (Å²) in [5, 5.41) is 4.90. The number of benzene rings is 1. The second-order valence-corrected chi connectivity index (χ2v) is 5.34. The van der Waals surface area contributed by atoms with Gasteiger partial charge in [0.25, 0.3) is 0 Å². The standard InChI is InChI=1S/C15H21N3O/c1-18-6-5-16-12(10-18)7-11-9-17-15-8-13(19-2)3-4-14(11)15/h3-4,8-9,12,16-17H,5-7,10H2,1-2H3. The summed E-state index contributed by atoms with van der Waals surface area (Å²) in [4.78, 5) is 5.73. The minimum Gasteiger partial charge on any atom is -0.497 e. The second kappa shape index (κ2) is 5.23. The molecule has 1 aliphatic heterocycles. The van der Waals surface area contributed by atoms with Crippen molar-refractivity contribution >= 4 is 10.9 Å². The van der Waals surface area contributed by atoms with E-state index in [1.807, 2.05) is 6.07 Å². The van der Waals surface area contributed by atoms with Gasteiger partial charge in [-0.3, -0.25) is 0 Å². The van der Waals surface area contributed by atoms with Gasteiger partial charge in [-0.2, -0.15) is 0 Å². The van der Waals surface area contributed by atoms with Crippen LogP contribution in [0.2, 0.25) is 0 Å². The van der Waals surface area contributed by atoms with Crippen molar-refractivity contribution in [2.24, 2.45) is 0 Å². The summed E-state index contributed by atoms with van der Waals surface area (Å²) in [6, 6.07) is 6.77. The largest absolute Gasteiger partial charge is 0.497 e. The van der Waals surface area contributed by atoms with Gasteiger partial charge in [0.05, 0.1) is 7.11 Å². The topological polar surface area (TPSA) is 40.3 Å². The molecule has 1 aromatic heterocycles. The SMILES string of the molecule is COc1ccc2c(CC3CN(C)CCN3)c[nH]c2c1. The molecule has 0 aliphatic carbocycles. The maximum absolute atomic E-state index is 5.26. The van der Waals surface area contributed by atoms with Gasteiger partial charge in [0.1, 0.15) is 5.75 Å². The third-order valence-corrected chi connectivity index (χ3v) is 3.90. The highest BCUT2D eigenvalue weighted by molar-refractivity contribution is 5.84. The van der Waals surface area contributed by atoms with Crippen molar-refractivity contribution in [3.8, 4) is 5.75 Å². The van der Waals surface area contributed by atoms with Crippen LogP contribution in [0, 0.1) is 0 Å². The number of ether oxygens (including phenoxy) is 1. The molecule has 102 valence electrons. The first-order valence-corrected chi connectivity index (χ1v) is 6.82. The van der Waals surface area contributed by atoms with Crippen LogP contribution in [0.1, 0.15) is 5.56 Å². The van der Waals surface area contributed by atoms with Gasteiger partial charge in [-0.25, -0.2) is 0 Å². The smallest absolute Gasteiger partial charge is 0.120 e. The summed E-state index contributed by atoms with van der Waals surface area (Å²) in [6.45, 7) is 3.34. The Bertz CT molecular complexity index is 564. The maximum atomic E-state index is 5.26. The van der Waals surface area contributed by atoms with Crippen molar-refractivity contribution in [3.05, 3.63) is 30.0 Å².